The van der Waals surface area contributed by atoms with Crippen molar-refractivity contribution in [3.8, 4) is 17.6 Å². The zero-order valence-corrected chi connectivity index (χ0v) is 16.5. The number of carbonyl (C=O) groups excluding carboxylic acids is 2. The number of rotatable bonds is 5. The zero-order valence-electron chi connectivity index (χ0n) is 15.8. The highest BCUT2D eigenvalue weighted by atomic mass is 35.5. The standard InChI is InChI=1S/C19H19ClN2O6/c1-5-26-19(24)15-9(2)27-18(22)12(8-21)16(15)11-6-13(20)17(28-10(3)23)14(7-11)25-4/h6-7,16H,5,22H2,1-4H3. The Bertz CT molecular complexity index is 929. The number of hydrogen-bond donors (Lipinski definition) is 1. The van der Waals surface area contributed by atoms with Crippen LogP contribution < -0.4 is 15.2 Å². The van der Waals surface area contributed by atoms with Gasteiger partial charge >= 0.3 is 11.9 Å². The molecule has 1 aliphatic heterocycles. The molecule has 0 fully saturated rings. The van der Waals surface area contributed by atoms with Gasteiger partial charge < -0.3 is 24.7 Å². The first-order valence-electron chi connectivity index (χ1n) is 8.26. The molecule has 9 heteroatoms. The maximum Gasteiger partial charge on any atom is 0.338 e. The zero-order chi connectivity index (χ0) is 21.0. The van der Waals surface area contributed by atoms with Crippen LogP contribution in [0, 0.1) is 11.3 Å². The lowest BCUT2D eigenvalue weighted by atomic mass is 9.83. The summed E-state index contributed by atoms with van der Waals surface area (Å²) in [5, 5.41) is 9.66. The lowest BCUT2D eigenvalue weighted by Gasteiger charge is -2.27. The number of benzene rings is 1. The Morgan fingerprint density at radius 3 is 2.61 bits per heavy atom. The van der Waals surface area contributed by atoms with Crippen LogP contribution in [0.4, 0.5) is 0 Å². The first-order valence-corrected chi connectivity index (χ1v) is 8.64. The molecule has 0 spiro atoms. The number of nitrogens with zero attached hydrogens (tertiary/aromatic N) is 1. The molecule has 2 rings (SSSR count). The van der Waals surface area contributed by atoms with E-state index in [0.29, 0.717) is 5.56 Å². The molecule has 0 saturated carbocycles. The fourth-order valence-corrected chi connectivity index (χ4v) is 3.10. The Labute approximate surface area is 167 Å². The molecule has 8 nitrogen and oxygen atoms in total. The second-order valence-corrected chi connectivity index (χ2v) is 6.15. The molecule has 28 heavy (non-hydrogen) atoms. The van der Waals surface area contributed by atoms with Crippen molar-refractivity contribution < 1.29 is 28.5 Å². The van der Waals surface area contributed by atoms with E-state index in [1.165, 1.54) is 26.2 Å². The van der Waals surface area contributed by atoms with Crippen LogP contribution in [0.1, 0.15) is 32.3 Å². The van der Waals surface area contributed by atoms with Gasteiger partial charge in [0.05, 0.1) is 30.2 Å². The van der Waals surface area contributed by atoms with E-state index in [1.54, 1.807) is 13.8 Å². The van der Waals surface area contributed by atoms with E-state index >= 15 is 0 Å². The summed E-state index contributed by atoms with van der Waals surface area (Å²) in [7, 11) is 1.37. The summed E-state index contributed by atoms with van der Waals surface area (Å²) in [6.07, 6.45) is 0. The first kappa shape index (κ1) is 21.1. The first-order chi connectivity index (χ1) is 13.2. The molecule has 0 aliphatic carbocycles. The minimum absolute atomic E-state index is 0.0204. The van der Waals surface area contributed by atoms with Gasteiger partial charge in [-0.05, 0) is 31.5 Å². The van der Waals surface area contributed by atoms with Crippen molar-refractivity contribution in [2.24, 2.45) is 5.73 Å². The largest absolute Gasteiger partial charge is 0.493 e. The molecule has 1 atom stereocenters. The van der Waals surface area contributed by atoms with E-state index in [0.717, 1.165) is 0 Å². The smallest absolute Gasteiger partial charge is 0.338 e. The van der Waals surface area contributed by atoms with Gasteiger partial charge in [-0.25, -0.2) is 4.79 Å². The molecule has 1 unspecified atom stereocenters. The van der Waals surface area contributed by atoms with E-state index in [4.69, 9.17) is 36.3 Å². The van der Waals surface area contributed by atoms with Crippen LogP contribution in [0.3, 0.4) is 0 Å². The third-order valence-electron chi connectivity index (χ3n) is 3.93. The van der Waals surface area contributed by atoms with Crippen molar-refractivity contribution >= 4 is 23.5 Å². The number of nitrogens with two attached hydrogens (primary N) is 1. The molecule has 0 radical (unpaired) electrons. The maximum absolute atomic E-state index is 12.5. The second-order valence-electron chi connectivity index (χ2n) is 5.74. The van der Waals surface area contributed by atoms with E-state index in [9.17, 15) is 14.9 Å². The van der Waals surface area contributed by atoms with Crippen LogP contribution in [0.25, 0.3) is 0 Å². The summed E-state index contributed by atoms with van der Waals surface area (Å²) in [6, 6.07) is 4.95. The molecule has 148 valence electrons. The average Bonchev–Trinajstić information content (AvgIpc) is 2.62. The van der Waals surface area contributed by atoms with Gasteiger partial charge in [-0.1, -0.05) is 11.6 Å². The molecule has 1 heterocycles. The molecular formula is C19H19ClN2O6. The number of methoxy groups -OCH3 is 1. The minimum atomic E-state index is -0.893. The van der Waals surface area contributed by atoms with Crippen molar-refractivity contribution in [2.75, 3.05) is 13.7 Å². The summed E-state index contributed by atoms with van der Waals surface area (Å²) >= 11 is 6.28. The molecule has 0 aromatic heterocycles. The van der Waals surface area contributed by atoms with E-state index < -0.39 is 17.9 Å². The van der Waals surface area contributed by atoms with E-state index in [1.807, 2.05) is 6.07 Å². The van der Waals surface area contributed by atoms with Crippen molar-refractivity contribution in [1.82, 2.24) is 0 Å². The third-order valence-corrected chi connectivity index (χ3v) is 4.21. The van der Waals surface area contributed by atoms with Gasteiger partial charge in [-0.3, -0.25) is 4.79 Å². The van der Waals surface area contributed by atoms with Crippen LogP contribution >= 0.6 is 11.6 Å². The van der Waals surface area contributed by atoms with Gasteiger partial charge in [0, 0.05) is 6.92 Å². The fourth-order valence-electron chi connectivity index (χ4n) is 2.84. The summed E-state index contributed by atoms with van der Waals surface area (Å²) in [5.41, 5.74) is 6.42. The van der Waals surface area contributed by atoms with Gasteiger partial charge in [0.1, 0.15) is 17.4 Å². The lowest BCUT2D eigenvalue weighted by Crippen LogP contribution is -2.25. The molecule has 2 N–H and O–H groups in total. The number of ether oxygens (including phenoxy) is 4. The Morgan fingerprint density at radius 2 is 2.07 bits per heavy atom. The SMILES string of the molecule is CCOC(=O)C1=C(C)OC(N)=C(C#N)C1c1cc(Cl)c(OC(C)=O)c(OC)c1. The quantitative estimate of drug-likeness (QED) is 0.585. The van der Waals surface area contributed by atoms with Crippen LogP contribution in [-0.2, 0) is 19.1 Å². The average molecular weight is 407 g/mol. The number of halogens is 1. The van der Waals surface area contributed by atoms with Gasteiger partial charge in [0.2, 0.25) is 5.88 Å². The highest BCUT2D eigenvalue weighted by Crippen LogP contribution is 2.44. The second kappa shape index (κ2) is 8.67. The molecule has 1 aromatic rings. The monoisotopic (exact) mass is 406 g/mol. The van der Waals surface area contributed by atoms with Gasteiger partial charge in [-0.2, -0.15) is 5.26 Å². The lowest BCUT2D eigenvalue weighted by molar-refractivity contribution is -0.139. The maximum atomic E-state index is 12.5. The third kappa shape index (κ3) is 4.05. The van der Waals surface area contributed by atoms with E-state index in [2.05, 4.69) is 0 Å². The van der Waals surface area contributed by atoms with Crippen LogP contribution in [-0.4, -0.2) is 25.7 Å². The molecule has 0 saturated heterocycles. The summed E-state index contributed by atoms with van der Waals surface area (Å²) in [4.78, 5) is 23.9. The summed E-state index contributed by atoms with van der Waals surface area (Å²) in [6.45, 7) is 4.57. The van der Waals surface area contributed by atoms with Crippen molar-refractivity contribution in [1.29, 1.82) is 5.26 Å². The summed E-state index contributed by atoms with van der Waals surface area (Å²) in [5.74, 6) is -1.86. The Kier molecular flexibility index (Phi) is 6.54. The van der Waals surface area contributed by atoms with Crippen LogP contribution in [0.2, 0.25) is 5.02 Å². The Hall–Kier alpha value is -3.18. The topological polar surface area (TPSA) is 121 Å². The fraction of sp³-hybridized carbons (Fsp3) is 0.316. The predicted octanol–water partition coefficient (Wildman–Crippen LogP) is 2.92. The van der Waals surface area contributed by atoms with Crippen molar-refractivity contribution in [2.45, 2.75) is 26.7 Å². The van der Waals surface area contributed by atoms with Crippen molar-refractivity contribution in [3.05, 3.63) is 45.5 Å². The molecule has 0 amide bonds. The molecular weight excluding hydrogens is 388 g/mol. The number of allylic oxidation sites excluding steroid dienone is 2. The number of carbonyl (C=O) groups is 2. The number of hydrogen-bond acceptors (Lipinski definition) is 8. The number of esters is 2. The molecule has 0 bridgehead atoms. The Morgan fingerprint density at radius 1 is 1.39 bits per heavy atom. The minimum Gasteiger partial charge on any atom is -0.493 e. The van der Waals surface area contributed by atoms with Crippen molar-refractivity contribution in [3.63, 3.8) is 0 Å². The predicted molar refractivity (Wildman–Crippen MR) is 99.3 cm³/mol. The van der Waals surface area contributed by atoms with Gasteiger partial charge in [0.15, 0.2) is 11.5 Å². The molecule has 1 aliphatic rings. The van der Waals surface area contributed by atoms with E-state index in [-0.39, 0.29) is 45.9 Å². The Balaban J connectivity index is 2.71. The molecule has 1 aromatic carbocycles. The van der Waals surface area contributed by atoms with Gasteiger partial charge in [-0.15, -0.1) is 0 Å². The number of nitriles is 1. The summed E-state index contributed by atoms with van der Waals surface area (Å²) < 4.78 is 20.8. The highest BCUT2D eigenvalue weighted by molar-refractivity contribution is 6.32. The van der Waals surface area contributed by atoms with Crippen LogP contribution in [0.15, 0.2) is 34.9 Å². The van der Waals surface area contributed by atoms with Gasteiger partial charge in [0.25, 0.3) is 0 Å². The van der Waals surface area contributed by atoms with Crippen LogP contribution in [0.5, 0.6) is 11.5 Å². The highest BCUT2D eigenvalue weighted by Gasteiger charge is 2.37. The normalized spacial score (nSPS) is 16.2.